The highest BCUT2D eigenvalue weighted by atomic mass is 35.5. The van der Waals surface area contributed by atoms with E-state index in [-0.39, 0.29) is 23.1 Å². The number of carbonyl (C=O) groups excluding carboxylic acids is 1. The molecule has 1 aromatic heterocycles. The Bertz CT molecular complexity index is 674. The Hall–Kier alpha value is -2.14. The molecule has 2 rings (SSSR count). The largest absolute Gasteiger partial charge is 0.460 e. The summed E-state index contributed by atoms with van der Waals surface area (Å²) in [7, 11) is 1.67. The molecule has 0 amide bonds. The smallest absolute Gasteiger partial charge is 0.309 e. The van der Waals surface area contributed by atoms with Crippen LogP contribution in [-0.2, 0) is 9.53 Å². The van der Waals surface area contributed by atoms with E-state index in [1.807, 2.05) is 20.8 Å². The van der Waals surface area contributed by atoms with Gasteiger partial charge in [0.1, 0.15) is 11.1 Å². The van der Waals surface area contributed by atoms with Crippen molar-refractivity contribution in [2.24, 2.45) is 5.92 Å². The van der Waals surface area contributed by atoms with Gasteiger partial charge in [-0.15, -0.1) is 0 Å². The number of nitriles is 1. The molecule has 1 aromatic rings. The van der Waals surface area contributed by atoms with Crippen molar-refractivity contribution in [2.45, 2.75) is 57.6 Å². The van der Waals surface area contributed by atoms with E-state index in [4.69, 9.17) is 16.3 Å². The number of halogens is 1. The topological polar surface area (TPSA) is 113 Å². The molecule has 8 nitrogen and oxygen atoms in total. The van der Waals surface area contributed by atoms with Crippen molar-refractivity contribution in [3.63, 3.8) is 0 Å². The molecule has 0 aromatic carbocycles. The van der Waals surface area contributed by atoms with Crippen LogP contribution in [0.1, 0.15) is 46.5 Å². The van der Waals surface area contributed by atoms with E-state index in [1.54, 1.807) is 7.05 Å². The highest BCUT2D eigenvalue weighted by molar-refractivity contribution is 6.28. The van der Waals surface area contributed by atoms with Gasteiger partial charge in [0, 0.05) is 7.05 Å². The monoisotopic (exact) mass is 366 g/mol. The maximum absolute atomic E-state index is 12.2. The third-order valence-electron chi connectivity index (χ3n) is 3.98. The van der Waals surface area contributed by atoms with Gasteiger partial charge in [-0.25, -0.2) is 0 Å². The fraction of sp³-hybridized carbons (Fsp3) is 0.688. The Balaban J connectivity index is 2.05. The van der Waals surface area contributed by atoms with E-state index in [2.05, 4.69) is 31.7 Å². The molecule has 0 bridgehead atoms. The molecule has 1 fully saturated rings. The Kier molecular flexibility index (Phi) is 5.68. The third-order valence-corrected chi connectivity index (χ3v) is 4.15. The minimum atomic E-state index is -0.839. The summed E-state index contributed by atoms with van der Waals surface area (Å²) in [6.45, 7) is 5.54. The summed E-state index contributed by atoms with van der Waals surface area (Å²) in [5.41, 5.74) is -1.35. The first-order valence-electron chi connectivity index (χ1n) is 8.18. The molecule has 2 N–H and O–H groups in total. The molecule has 1 saturated carbocycles. The van der Waals surface area contributed by atoms with Crippen molar-refractivity contribution in [3.05, 3.63) is 5.28 Å². The quantitative estimate of drug-likeness (QED) is 0.782. The van der Waals surface area contributed by atoms with Gasteiger partial charge in [0.05, 0.1) is 12.0 Å². The lowest BCUT2D eigenvalue weighted by Crippen LogP contribution is -2.43. The van der Waals surface area contributed by atoms with Gasteiger partial charge in [-0.2, -0.15) is 20.2 Å². The van der Waals surface area contributed by atoms with Crippen molar-refractivity contribution in [1.29, 1.82) is 5.26 Å². The van der Waals surface area contributed by atoms with Gasteiger partial charge >= 0.3 is 5.97 Å². The number of rotatable bonds is 4. The number of aromatic nitrogens is 3. The van der Waals surface area contributed by atoms with E-state index in [0.29, 0.717) is 31.6 Å². The predicted molar refractivity (Wildman–Crippen MR) is 94.2 cm³/mol. The molecule has 9 heteroatoms. The van der Waals surface area contributed by atoms with Gasteiger partial charge in [-0.3, -0.25) is 4.79 Å². The summed E-state index contributed by atoms with van der Waals surface area (Å²) >= 11 is 5.87. The second-order valence-corrected chi connectivity index (χ2v) is 7.47. The summed E-state index contributed by atoms with van der Waals surface area (Å²) in [4.78, 5) is 24.3. The molecule has 0 spiro atoms. The van der Waals surface area contributed by atoms with Crippen molar-refractivity contribution in [3.8, 4) is 6.07 Å². The minimum absolute atomic E-state index is 0.0392. The molecule has 136 valence electrons. The van der Waals surface area contributed by atoms with Gasteiger partial charge in [0.15, 0.2) is 0 Å². The summed E-state index contributed by atoms with van der Waals surface area (Å²) in [6, 6.07) is 2.30. The lowest BCUT2D eigenvalue weighted by atomic mass is 9.77. The normalized spacial score (nSPS) is 23.4. The standard InChI is InChI=1S/C16H23ClN6O2/c1-15(2,3)25-11(24)10-5-7-16(9-18,8-6-10)23-14-21-12(17)20-13(19-4)22-14/h10H,5-8H2,1-4H3,(H2,19,20,21,22,23). The van der Waals surface area contributed by atoms with E-state index < -0.39 is 11.1 Å². The van der Waals surface area contributed by atoms with Gasteiger partial charge < -0.3 is 15.4 Å². The predicted octanol–water partition coefficient (Wildman–Crippen LogP) is 2.77. The fourth-order valence-corrected chi connectivity index (χ4v) is 2.89. The first-order chi connectivity index (χ1) is 11.7. The Labute approximate surface area is 152 Å². The van der Waals surface area contributed by atoms with Gasteiger partial charge in [-0.05, 0) is 58.1 Å². The number of nitrogens with zero attached hydrogens (tertiary/aromatic N) is 4. The molecule has 0 unspecified atom stereocenters. The second kappa shape index (κ2) is 7.40. The van der Waals surface area contributed by atoms with Gasteiger partial charge in [0.2, 0.25) is 17.2 Å². The molecule has 1 aliphatic rings. The zero-order valence-electron chi connectivity index (χ0n) is 14.9. The van der Waals surface area contributed by atoms with Crippen LogP contribution >= 0.6 is 11.6 Å². The molecule has 1 heterocycles. The average Bonchev–Trinajstić information content (AvgIpc) is 2.53. The van der Waals surface area contributed by atoms with E-state index in [0.717, 1.165) is 0 Å². The number of nitrogens with one attached hydrogen (secondary N) is 2. The number of esters is 1. The van der Waals surface area contributed by atoms with E-state index >= 15 is 0 Å². The summed E-state index contributed by atoms with van der Waals surface area (Å²) in [5, 5.41) is 15.6. The fourth-order valence-electron chi connectivity index (χ4n) is 2.73. The van der Waals surface area contributed by atoms with Gasteiger partial charge in [-0.1, -0.05) is 0 Å². The molecule has 25 heavy (non-hydrogen) atoms. The van der Waals surface area contributed by atoms with Gasteiger partial charge in [0.25, 0.3) is 0 Å². The van der Waals surface area contributed by atoms with Crippen LogP contribution in [0.15, 0.2) is 0 Å². The molecule has 1 aliphatic carbocycles. The zero-order valence-corrected chi connectivity index (χ0v) is 15.6. The molecule has 0 aliphatic heterocycles. The number of carbonyl (C=O) groups is 1. The SMILES string of the molecule is CNc1nc(Cl)nc(NC2(C#N)CCC(C(=O)OC(C)(C)C)CC2)n1. The lowest BCUT2D eigenvalue weighted by Gasteiger charge is -2.35. The minimum Gasteiger partial charge on any atom is -0.460 e. The summed E-state index contributed by atoms with van der Waals surface area (Å²) < 4.78 is 5.44. The Morgan fingerprint density at radius 2 is 1.88 bits per heavy atom. The maximum atomic E-state index is 12.2. The van der Waals surface area contributed by atoms with Crippen molar-refractivity contribution in [2.75, 3.05) is 17.7 Å². The molecular weight excluding hydrogens is 344 g/mol. The average molecular weight is 367 g/mol. The lowest BCUT2D eigenvalue weighted by molar-refractivity contribution is -0.161. The van der Waals surface area contributed by atoms with Crippen LogP contribution in [-0.4, -0.2) is 39.1 Å². The number of anilines is 2. The van der Waals surface area contributed by atoms with Crippen LogP contribution < -0.4 is 10.6 Å². The highest BCUT2D eigenvalue weighted by Crippen LogP contribution is 2.35. The van der Waals surface area contributed by atoms with Crippen LogP contribution in [0, 0.1) is 17.2 Å². The summed E-state index contributed by atoms with van der Waals surface area (Å²) in [6.07, 6.45) is 2.11. The van der Waals surface area contributed by atoms with Crippen LogP contribution in [0.3, 0.4) is 0 Å². The zero-order chi connectivity index (χ0) is 18.7. The number of hydrogen-bond donors (Lipinski definition) is 2. The molecular formula is C16H23ClN6O2. The molecule has 0 atom stereocenters. The number of ether oxygens (including phenoxy) is 1. The molecule has 0 radical (unpaired) electrons. The molecule has 0 saturated heterocycles. The third kappa shape index (κ3) is 5.16. The number of hydrogen-bond acceptors (Lipinski definition) is 8. The maximum Gasteiger partial charge on any atom is 0.309 e. The van der Waals surface area contributed by atoms with Crippen LogP contribution in [0.4, 0.5) is 11.9 Å². The van der Waals surface area contributed by atoms with Crippen molar-refractivity contribution in [1.82, 2.24) is 15.0 Å². The van der Waals surface area contributed by atoms with Crippen LogP contribution in [0.5, 0.6) is 0 Å². The first-order valence-corrected chi connectivity index (χ1v) is 8.56. The van der Waals surface area contributed by atoms with Crippen LogP contribution in [0.25, 0.3) is 0 Å². The van der Waals surface area contributed by atoms with Crippen molar-refractivity contribution < 1.29 is 9.53 Å². The first kappa shape index (κ1) is 19.2. The van der Waals surface area contributed by atoms with Crippen LogP contribution in [0.2, 0.25) is 5.28 Å². The van der Waals surface area contributed by atoms with E-state index in [9.17, 15) is 10.1 Å². The van der Waals surface area contributed by atoms with E-state index in [1.165, 1.54) is 0 Å². The highest BCUT2D eigenvalue weighted by Gasteiger charge is 2.39. The second-order valence-electron chi connectivity index (χ2n) is 7.13. The Morgan fingerprint density at radius 3 is 2.40 bits per heavy atom. The van der Waals surface area contributed by atoms with Crippen molar-refractivity contribution >= 4 is 29.5 Å². The Morgan fingerprint density at radius 1 is 1.28 bits per heavy atom. The summed E-state index contributed by atoms with van der Waals surface area (Å²) in [5.74, 6) is 0.150.